The van der Waals surface area contributed by atoms with Crippen molar-refractivity contribution < 1.29 is 9.72 Å². The van der Waals surface area contributed by atoms with Gasteiger partial charge in [0, 0.05) is 17.0 Å². The van der Waals surface area contributed by atoms with Crippen molar-refractivity contribution in [1.82, 2.24) is 10.3 Å². The standard InChI is InChI=1S/C22H21N5O3S/c1-2-3-14-31-22-24-21(28)20-16-9-5-6-10-17(16)23-19(26(20)25-22)13-12-15-8-4-7-11-18(15)27(29)30/h4-13,19H,2-3,14H2,1H3,(H,24,25,28)/b13-12+. The minimum Gasteiger partial charge on any atom is -0.298 e. The lowest BCUT2D eigenvalue weighted by molar-refractivity contribution is -0.385. The SMILES string of the molecule is CCCCSC1=NN2C(=c3ccccc3=NC2/C=C/c2ccccc2[N+](=O)[O-])C(=O)N1. The first-order valence-electron chi connectivity index (χ1n) is 9.99. The predicted molar refractivity (Wildman–Crippen MR) is 121 cm³/mol. The fourth-order valence-corrected chi connectivity index (χ4v) is 4.28. The highest BCUT2D eigenvalue weighted by Crippen LogP contribution is 2.24. The van der Waals surface area contributed by atoms with Crippen molar-refractivity contribution in [1.29, 1.82) is 0 Å². The van der Waals surface area contributed by atoms with Gasteiger partial charge in [0.2, 0.25) is 0 Å². The summed E-state index contributed by atoms with van der Waals surface area (Å²) in [5, 5.41) is 22.4. The number of carbonyl (C=O) groups is 1. The van der Waals surface area contributed by atoms with Crippen LogP contribution in [-0.2, 0) is 4.79 Å². The van der Waals surface area contributed by atoms with Crippen LogP contribution in [-0.4, -0.2) is 32.9 Å². The van der Waals surface area contributed by atoms with E-state index in [2.05, 4.69) is 17.3 Å². The second kappa shape index (κ2) is 9.13. The van der Waals surface area contributed by atoms with Crippen molar-refractivity contribution in [3.05, 3.63) is 80.9 Å². The monoisotopic (exact) mass is 435 g/mol. The van der Waals surface area contributed by atoms with Crippen molar-refractivity contribution in [2.24, 2.45) is 10.1 Å². The lowest BCUT2D eigenvalue weighted by atomic mass is 10.1. The van der Waals surface area contributed by atoms with Crippen LogP contribution in [0.4, 0.5) is 5.69 Å². The number of unbranched alkanes of at least 4 members (excludes halogenated alkanes) is 1. The summed E-state index contributed by atoms with van der Waals surface area (Å²) in [5.41, 5.74) is 0.892. The van der Waals surface area contributed by atoms with Crippen LogP contribution < -0.4 is 15.9 Å². The third-order valence-electron chi connectivity index (χ3n) is 4.86. The Balaban J connectivity index is 1.76. The average molecular weight is 436 g/mol. The maximum absolute atomic E-state index is 13.0. The highest BCUT2D eigenvalue weighted by molar-refractivity contribution is 8.13. The number of fused-ring (bicyclic) bond motifs is 2. The van der Waals surface area contributed by atoms with Crippen molar-refractivity contribution in [2.75, 3.05) is 5.75 Å². The number of para-hydroxylation sites is 2. The van der Waals surface area contributed by atoms with Crippen LogP contribution in [0.5, 0.6) is 0 Å². The molecule has 0 aliphatic carbocycles. The lowest BCUT2D eigenvalue weighted by Gasteiger charge is -2.32. The summed E-state index contributed by atoms with van der Waals surface area (Å²) in [6.07, 6.45) is 4.86. The molecule has 8 nitrogen and oxygen atoms in total. The molecule has 4 rings (SSSR count). The second-order valence-corrected chi connectivity index (χ2v) is 8.07. The summed E-state index contributed by atoms with van der Waals surface area (Å²) in [5.74, 6) is 0.615. The Labute approximate surface area is 183 Å². The molecule has 0 saturated carbocycles. The zero-order chi connectivity index (χ0) is 21.8. The number of carbonyl (C=O) groups excluding carboxylic acids is 1. The summed E-state index contributed by atoms with van der Waals surface area (Å²) in [4.78, 5) is 28.6. The van der Waals surface area contributed by atoms with E-state index >= 15 is 0 Å². The third kappa shape index (κ3) is 4.36. The Morgan fingerprint density at radius 3 is 2.81 bits per heavy atom. The molecule has 0 saturated heterocycles. The van der Waals surface area contributed by atoms with E-state index in [1.54, 1.807) is 35.4 Å². The zero-order valence-electron chi connectivity index (χ0n) is 16.9. The van der Waals surface area contributed by atoms with E-state index in [1.165, 1.54) is 17.8 Å². The largest absolute Gasteiger partial charge is 0.298 e. The molecule has 9 heteroatoms. The van der Waals surface area contributed by atoms with Gasteiger partial charge in [-0.1, -0.05) is 55.4 Å². The first-order chi connectivity index (χ1) is 15.1. The molecular formula is C22H21N5O3S. The highest BCUT2D eigenvalue weighted by Gasteiger charge is 2.32. The Morgan fingerprint density at radius 1 is 1.23 bits per heavy atom. The van der Waals surface area contributed by atoms with Crippen molar-refractivity contribution >= 4 is 40.3 Å². The minimum absolute atomic E-state index is 0.00913. The number of thioether (sulfide) groups is 1. The number of amidine groups is 1. The van der Waals surface area contributed by atoms with E-state index in [0.717, 1.165) is 18.6 Å². The molecule has 0 fully saturated rings. The molecule has 1 N–H and O–H groups in total. The van der Waals surface area contributed by atoms with Gasteiger partial charge in [-0.05, 0) is 30.7 Å². The molecule has 1 amide bonds. The number of nitrogens with zero attached hydrogens (tertiary/aromatic N) is 4. The summed E-state index contributed by atoms with van der Waals surface area (Å²) in [6.45, 7) is 2.11. The molecule has 0 radical (unpaired) electrons. The molecule has 0 bridgehead atoms. The molecule has 2 aliphatic heterocycles. The molecule has 2 heterocycles. The lowest BCUT2D eigenvalue weighted by Crippen LogP contribution is -2.52. The number of benzene rings is 2. The highest BCUT2D eigenvalue weighted by atomic mass is 32.2. The zero-order valence-corrected chi connectivity index (χ0v) is 17.7. The van der Waals surface area contributed by atoms with Gasteiger partial charge in [-0.2, -0.15) is 0 Å². The van der Waals surface area contributed by atoms with Gasteiger partial charge in [-0.15, -0.1) is 5.10 Å². The van der Waals surface area contributed by atoms with Crippen LogP contribution in [0.25, 0.3) is 11.8 Å². The topological polar surface area (TPSA) is 100 Å². The number of hydrazone groups is 1. The normalized spacial score (nSPS) is 17.5. The van der Waals surface area contributed by atoms with Crippen molar-refractivity contribution in [3.8, 4) is 0 Å². The number of nitrogens with one attached hydrogen (secondary N) is 1. The number of hydrogen-bond donors (Lipinski definition) is 1. The van der Waals surface area contributed by atoms with E-state index in [1.807, 2.05) is 24.3 Å². The predicted octanol–water partition coefficient (Wildman–Crippen LogP) is 2.61. The van der Waals surface area contributed by atoms with Crippen LogP contribution in [0, 0.1) is 10.1 Å². The minimum atomic E-state index is -0.600. The Hall–Kier alpha value is -3.46. The fourth-order valence-electron chi connectivity index (χ4n) is 3.34. The van der Waals surface area contributed by atoms with Gasteiger partial charge < -0.3 is 0 Å². The number of nitro benzene ring substituents is 1. The smallest absolute Gasteiger partial charge is 0.276 e. The average Bonchev–Trinajstić information content (AvgIpc) is 2.77. The molecule has 2 aliphatic rings. The second-order valence-electron chi connectivity index (χ2n) is 6.99. The molecule has 1 unspecified atom stereocenters. The van der Waals surface area contributed by atoms with Gasteiger partial charge in [0.25, 0.3) is 11.6 Å². The quantitative estimate of drug-likeness (QED) is 0.427. The number of hydrogen-bond acceptors (Lipinski definition) is 7. The molecule has 31 heavy (non-hydrogen) atoms. The summed E-state index contributed by atoms with van der Waals surface area (Å²) in [6, 6.07) is 13.9. The van der Waals surface area contributed by atoms with Gasteiger partial charge in [-0.3, -0.25) is 25.2 Å². The molecule has 0 aromatic heterocycles. The number of amides is 1. The first-order valence-corrected chi connectivity index (χ1v) is 11.0. The third-order valence-corrected chi connectivity index (χ3v) is 5.81. The van der Waals surface area contributed by atoms with Crippen LogP contribution in [0.15, 0.2) is 64.7 Å². The van der Waals surface area contributed by atoms with Crippen molar-refractivity contribution in [3.63, 3.8) is 0 Å². The van der Waals surface area contributed by atoms with Gasteiger partial charge >= 0.3 is 0 Å². The summed E-state index contributed by atoms with van der Waals surface area (Å²) >= 11 is 1.49. The molecule has 2 aromatic rings. The van der Waals surface area contributed by atoms with E-state index in [4.69, 9.17) is 4.99 Å². The van der Waals surface area contributed by atoms with Crippen LogP contribution in [0.1, 0.15) is 25.3 Å². The first kappa shape index (κ1) is 20.8. The Bertz CT molecular complexity index is 1210. The fraction of sp³-hybridized carbons (Fsp3) is 0.227. The van der Waals surface area contributed by atoms with E-state index in [-0.39, 0.29) is 11.6 Å². The maximum atomic E-state index is 13.0. The Morgan fingerprint density at radius 2 is 2.00 bits per heavy atom. The molecular weight excluding hydrogens is 414 g/mol. The number of rotatable bonds is 6. The van der Waals surface area contributed by atoms with Gasteiger partial charge in [0.05, 0.1) is 15.8 Å². The van der Waals surface area contributed by atoms with Crippen LogP contribution >= 0.6 is 11.8 Å². The van der Waals surface area contributed by atoms with Gasteiger partial charge in [0.1, 0.15) is 5.70 Å². The maximum Gasteiger partial charge on any atom is 0.276 e. The molecule has 158 valence electrons. The van der Waals surface area contributed by atoms with Crippen LogP contribution in [0.3, 0.4) is 0 Å². The Kier molecular flexibility index (Phi) is 6.13. The van der Waals surface area contributed by atoms with E-state index in [9.17, 15) is 14.9 Å². The van der Waals surface area contributed by atoms with Gasteiger partial charge in [-0.25, -0.2) is 5.01 Å². The molecule has 2 aromatic carbocycles. The van der Waals surface area contributed by atoms with Gasteiger partial charge in [0.15, 0.2) is 11.3 Å². The van der Waals surface area contributed by atoms with E-state index in [0.29, 0.717) is 27.0 Å². The number of nitro groups is 1. The molecule has 1 atom stereocenters. The summed E-state index contributed by atoms with van der Waals surface area (Å²) in [7, 11) is 0. The summed E-state index contributed by atoms with van der Waals surface area (Å²) < 4.78 is 0. The van der Waals surface area contributed by atoms with Crippen LogP contribution in [0.2, 0.25) is 0 Å². The molecule has 0 spiro atoms. The van der Waals surface area contributed by atoms with E-state index < -0.39 is 11.1 Å². The van der Waals surface area contributed by atoms with Crippen molar-refractivity contribution in [2.45, 2.75) is 25.9 Å².